The highest BCUT2D eigenvalue weighted by molar-refractivity contribution is 5.94. The summed E-state index contributed by atoms with van der Waals surface area (Å²) in [6.07, 6.45) is 5.13. The Labute approximate surface area is 138 Å². The molecule has 3 saturated heterocycles. The first-order valence-electron chi connectivity index (χ1n) is 8.89. The SMILES string of the molecule is Cc1ccc(C(=O)N2CCC3(CCN3CC3CCCO3)C2)cc1. The Morgan fingerprint density at radius 3 is 2.70 bits per heavy atom. The molecule has 0 aliphatic carbocycles. The van der Waals surface area contributed by atoms with Gasteiger partial charge in [0.2, 0.25) is 0 Å². The minimum Gasteiger partial charge on any atom is -0.377 e. The topological polar surface area (TPSA) is 32.8 Å². The van der Waals surface area contributed by atoms with Crippen LogP contribution in [-0.2, 0) is 4.74 Å². The molecule has 0 saturated carbocycles. The fraction of sp³-hybridized carbons (Fsp3) is 0.632. The minimum atomic E-state index is 0.186. The van der Waals surface area contributed by atoms with Crippen molar-refractivity contribution in [3.8, 4) is 0 Å². The van der Waals surface area contributed by atoms with Gasteiger partial charge in [-0.05, 0) is 44.7 Å². The highest BCUT2D eigenvalue weighted by Gasteiger charge is 2.50. The maximum absolute atomic E-state index is 12.7. The molecule has 2 atom stereocenters. The molecule has 0 bridgehead atoms. The van der Waals surface area contributed by atoms with Crippen LogP contribution in [0.2, 0.25) is 0 Å². The van der Waals surface area contributed by atoms with Crippen molar-refractivity contribution in [2.75, 3.05) is 32.8 Å². The van der Waals surface area contributed by atoms with Crippen molar-refractivity contribution >= 4 is 5.91 Å². The zero-order valence-corrected chi connectivity index (χ0v) is 14.0. The molecule has 124 valence electrons. The molecule has 23 heavy (non-hydrogen) atoms. The molecule has 1 amide bonds. The summed E-state index contributed by atoms with van der Waals surface area (Å²) in [5, 5.41) is 0. The van der Waals surface area contributed by atoms with Crippen LogP contribution in [0.3, 0.4) is 0 Å². The summed E-state index contributed by atoms with van der Waals surface area (Å²) < 4.78 is 5.79. The van der Waals surface area contributed by atoms with Crippen molar-refractivity contribution in [2.24, 2.45) is 0 Å². The van der Waals surface area contributed by atoms with E-state index in [9.17, 15) is 4.79 Å². The lowest BCUT2D eigenvalue weighted by molar-refractivity contribution is -0.0419. The van der Waals surface area contributed by atoms with Crippen molar-refractivity contribution in [3.63, 3.8) is 0 Å². The third-order valence-corrected chi connectivity index (χ3v) is 5.88. The summed E-state index contributed by atoms with van der Waals surface area (Å²) in [4.78, 5) is 17.3. The van der Waals surface area contributed by atoms with Crippen LogP contribution in [0.5, 0.6) is 0 Å². The highest BCUT2D eigenvalue weighted by Crippen LogP contribution is 2.40. The molecule has 3 fully saturated rings. The van der Waals surface area contributed by atoms with Crippen molar-refractivity contribution in [1.29, 1.82) is 0 Å². The van der Waals surface area contributed by atoms with Crippen LogP contribution in [0.15, 0.2) is 24.3 Å². The van der Waals surface area contributed by atoms with Gasteiger partial charge in [-0.2, -0.15) is 0 Å². The Kier molecular flexibility index (Phi) is 3.90. The van der Waals surface area contributed by atoms with E-state index in [4.69, 9.17) is 4.74 Å². The smallest absolute Gasteiger partial charge is 0.253 e. The van der Waals surface area contributed by atoms with E-state index in [1.165, 1.54) is 24.8 Å². The van der Waals surface area contributed by atoms with Gasteiger partial charge in [0.15, 0.2) is 0 Å². The number of aryl methyl sites for hydroxylation is 1. The standard InChI is InChI=1S/C19H26N2O2/c1-15-4-6-16(7-5-15)18(22)20-10-8-19(14-20)9-11-21(19)13-17-3-2-12-23-17/h4-7,17H,2-3,8-14H2,1H3. The zero-order chi connectivity index (χ0) is 15.9. The lowest BCUT2D eigenvalue weighted by Gasteiger charge is -2.51. The van der Waals surface area contributed by atoms with Gasteiger partial charge in [0.25, 0.3) is 5.91 Å². The van der Waals surface area contributed by atoms with E-state index >= 15 is 0 Å². The molecule has 0 radical (unpaired) electrons. The quantitative estimate of drug-likeness (QED) is 0.859. The zero-order valence-electron chi connectivity index (χ0n) is 14.0. The number of rotatable bonds is 3. The summed E-state index contributed by atoms with van der Waals surface area (Å²) in [5.41, 5.74) is 2.24. The average Bonchev–Trinajstić information content (AvgIpc) is 3.22. The van der Waals surface area contributed by atoms with E-state index in [1.54, 1.807) is 0 Å². The third-order valence-electron chi connectivity index (χ3n) is 5.88. The molecule has 4 heteroatoms. The largest absolute Gasteiger partial charge is 0.377 e. The molecule has 0 N–H and O–H groups in total. The third kappa shape index (κ3) is 2.79. The van der Waals surface area contributed by atoms with Gasteiger partial charge >= 0.3 is 0 Å². The van der Waals surface area contributed by atoms with Crippen molar-refractivity contribution in [1.82, 2.24) is 9.80 Å². The van der Waals surface area contributed by atoms with Gasteiger partial charge < -0.3 is 9.64 Å². The Balaban J connectivity index is 1.40. The van der Waals surface area contributed by atoms with Crippen LogP contribution in [-0.4, -0.2) is 60.1 Å². The second-order valence-electron chi connectivity index (χ2n) is 7.40. The number of carbonyl (C=O) groups excluding carboxylic acids is 1. The molecule has 4 rings (SSSR count). The molecule has 2 unspecified atom stereocenters. The van der Waals surface area contributed by atoms with E-state index < -0.39 is 0 Å². The number of amides is 1. The number of ether oxygens (including phenoxy) is 1. The average molecular weight is 314 g/mol. The van der Waals surface area contributed by atoms with Crippen LogP contribution in [0, 0.1) is 6.92 Å². The molecular weight excluding hydrogens is 288 g/mol. The molecule has 1 aromatic rings. The predicted octanol–water partition coefficient (Wildman–Crippen LogP) is 2.46. The first-order valence-corrected chi connectivity index (χ1v) is 8.89. The molecule has 4 nitrogen and oxygen atoms in total. The summed E-state index contributed by atoms with van der Waals surface area (Å²) >= 11 is 0. The summed E-state index contributed by atoms with van der Waals surface area (Å²) in [6.45, 7) is 6.94. The molecule has 3 aliphatic heterocycles. The highest BCUT2D eigenvalue weighted by atomic mass is 16.5. The van der Waals surface area contributed by atoms with Gasteiger partial charge in [0, 0.05) is 43.9 Å². The van der Waals surface area contributed by atoms with Crippen molar-refractivity contribution in [2.45, 2.75) is 44.2 Å². The number of benzene rings is 1. The molecule has 3 heterocycles. The van der Waals surface area contributed by atoms with E-state index in [1.807, 2.05) is 29.2 Å². The van der Waals surface area contributed by atoms with Crippen molar-refractivity contribution in [3.05, 3.63) is 35.4 Å². The molecule has 1 aromatic carbocycles. The maximum Gasteiger partial charge on any atom is 0.253 e. The first kappa shape index (κ1) is 15.2. The van der Waals surface area contributed by atoms with Gasteiger partial charge in [-0.1, -0.05) is 17.7 Å². The predicted molar refractivity (Wildman–Crippen MR) is 89.6 cm³/mol. The first-order chi connectivity index (χ1) is 11.2. The Morgan fingerprint density at radius 1 is 1.26 bits per heavy atom. The fourth-order valence-corrected chi connectivity index (χ4v) is 4.28. The number of hydrogen-bond acceptors (Lipinski definition) is 3. The summed E-state index contributed by atoms with van der Waals surface area (Å²) in [6, 6.07) is 7.94. The monoisotopic (exact) mass is 314 g/mol. The number of hydrogen-bond donors (Lipinski definition) is 0. The van der Waals surface area contributed by atoms with Crippen LogP contribution in [0.1, 0.15) is 41.6 Å². The Morgan fingerprint density at radius 2 is 2.04 bits per heavy atom. The fourth-order valence-electron chi connectivity index (χ4n) is 4.28. The summed E-state index contributed by atoms with van der Waals surface area (Å²) in [7, 11) is 0. The number of carbonyl (C=O) groups is 1. The molecule has 0 aromatic heterocycles. The van der Waals surface area contributed by atoms with Gasteiger partial charge in [-0.15, -0.1) is 0 Å². The van der Waals surface area contributed by atoms with Gasteiger partial charge in [-0.25, -0.2) is 0 Å². The van der Waals surface area contributed by atoms with Crippen LogP contribution in [0.25, 0.3) is 0 Å². The summed E-state index contributed by atoms with van der Waals surface area (Å²) in [5.74, 6) is 0.186. The Hall–Kier alpha value is -1.39. The molecule has 3 aliphatic rings. The minimum absolute atomic E-state index is 0.186. The lowest BCUT2D eigenvalue weighted by Crippen LogP contribution is -2.63. The van der Waals surface area contributed by atoms with Gasteiger partial charge in [0.1, 0.15) is 0 Å². The van der Waals surface area contributed by atoms with Crippen LogP contribution < -0.4 is 0 Å². The van der Waals surface area contributed by atoms with E-state index in [2.05, 4.69) is 11.8 Å². The second-order valence-corrected chi connectivity index (χ2v) is 7.40. The van der Waals surface area contributed by atoms with Crippen LogP contribution >= 0.6 is 0 Å². The Bertz CT molecular complexity index is 580. The molecular formula is C19H26N2O2. The van der Waals surface area contributed by atoms with Gasteiger partial charge in [0.05, 0.1) is 6.10 Å². The lowest BCUT2D eigenvalue weighted by atomic mass is 9.83. The van der Waals surface area contributed by atoms with E-state index in [-0.39, 0.29) is 11.4 Å². The normalized spacial score (nSPS) is 30.8. The number of nitrogens with zero attached hydrogens (tertiary/aromatic N) is 2. The maximum atomic E-state index is 12.7. The second kappa shape index (κ2) is 5.91. The van der Waals surface area contributed by atoms with Crippen molar-refractivity contribution < 1.29 is 9.53 Å². The number of likely N-dealkylation sites (tertiary alicyclic amines) is 2. The van der Waals surface area contributed by atoms with Crippen LogP contribution in [0.4, 0.5) is 0 Å². The van der Waals surface area contributed by atoms with Gasteiger partial charge in [-0.3, -0.25) is 9.69 Å². The molecule has 1 spiro atoms. The van der Waals surface area contributed by atoms with E-state index in [0.29, 0.717) is 6.10 Å². The van der Waals surface area contributed by atoms with E-state index in [0.717, 1.165) is 44.8 Å².